The Balaban J connectivity index is 1.88. The smallest absolute Gasteiger partial charge is 0.249 e. The molecule has 1 atom stereocenters. The first kappa shape index (κ1) is 15.2. The van der Waals surface area contributed by atoms with Gasteiger partial charge in [-0.3, -0.25) is 4.79 Å². The summed E-state index contributed by atoms with van der Waals surface area (Å²) in [6, 6.07) is 17.1. The van der Waals surface area contributed by atoms with Gasteiger partial charge in [0.2, 0.25) is 5.91 Å². The van der Waals surface area contributed by atoms with E-state index in [0.29, 0.717) is 0 Å². The largest absolute Gasteiger partial charge is 0.370 e. The van der Waals surface area contributed by atoms with Crippen molar-refractivity contribution in [3.05, 3.63) is 65.7 Å². The Morgan fingerprint density at radius 1 is 1.09 bits per heavy atom. The number of terminal acetylenes is 1. The van der Waals surface area contributed by atoms with Crippen molar-refractivity contribution in [1.82, 2.24) is 4.90 Å². The van der Waals surface area contributed by atoms with E-state index in [1.165, 1.54) is 0 Å². The summed E-state index contributed by atoms with van der Waals surface area (Å²) < 4.78 is 0. The number of rotatable bonds is 4. The summed E-state index contributed by atoms with van der Waals surface area (Å²) in [6.45, 7) is 1.68. The highest BCUT2D eigenvalue weighted by Gasteiger charge is 2.27. The maximum Gasteiger partial charge on any atom is 0.249 e. The molecule has 0 aromatic heterocycles. The molecule has 0 unspecified atom stereocenters. The first-order valence-corrected chi connectivity index (χ1v) is 7.95. The van der Waals surface area contributed by atoms with E-state index >= 15 is 0 Å². The lowest BCUT2D eigenvalue weighted by Gasteiger charge is -2.25. The summed E-state index contributed by atoms with van der Waals surface area (Å²) in [7, 11) is 0. The van der Waals surface area contributed by atoms with Gasteiger partial charge in [0.25, 0.3) is 0 Å². The molecule has 1 saturated heterocycles. The summed E-state index contributed by atoms with van der Waals surface area (Å²) in [4.78, 5) is 14.9. The van der Waals surface area contributed by atoms with E-state index in [1.54, 1.807) is 0 Å². The van der Waals surface area contributed by atoms with Crippen LogP contribution in [0.4, 0.5) is 5.69 Å². The number of benzene rings is 2. The summed E-state index contributed by atoms with van der Waals surface area (Å²) in [5.41, 5.74) is 2.63. The van der Waals surface area contributed by atoms with Crippen LogP contribution in [-0.2, 0) is 4.79 Å². The molecule has 0 radical (unpaired) electrons. The molecule has 2 aromatic carbocycles. The third-order valence-electron chi connectivity index (χ3n) is 4.14. The highest BCUT2D eigenvalue weighted by atomic mass is 16.2. The van der Waals surface area contributed by atoms with Crippen molar-refractivity contribution in [3.63, 3.8) is 0 Å². The van der Waals surface area contributed by atoms with Gasteiger partial charge >= 0.3 is 0 Å². The van der Waals surface area contributed by atoms with Crippen LogP contribution in [0.3, 0.4) is 0 Å². The van der Waals surface area contributed by atoms with Crippen LogP contribution >= 0.6 is 0 Å². The van der Waals surface area contributed by atoms with Crippen LogP contribution in [0.15, 0.2) is 54.6 Å². The zero-order valence-electron chi connectivity index (χ0n) is 13.0. The lowest BCUT2D eigenvalue weighted by atomic mass is 10.0. The zero-order chi connectivity index (χ0) is 16.1. The topological polar surface area (TPSA) is 32.3 Å². The van der Waals surface area contributed by atoms with Crippen molar-refractivity contribution in [2.75, 3.05) is 18.4 Å². The van der Waals surface area contributed by atoms with Crippen molar-refractivity contribution < 1.29 is 4.79 Å². The molecule has 1 aliphatic rings. The molecule has 1 aliphatic heterocycles. The van der Waals surface area contributed by atoms with E-state index in [4.69, 9.17) is 6.42 Å². The van der Waals surface area contributed by atoms with E-state index < -0.39 is 0 Å². The Bertz CT molecular complexity index is 712. The molecule has 116 valence electrons. The summed E-state index contributed by atoms with van der Waals surface area (Å²) in [5.74, 6) is 2.75. The number of anilines is 1. The molecule has 2 aromatic rings. The Hall–Kier alpha value is -2.73. The summed E-state index contributed by atoms with van der Waals surface area (Å²) in [6.07, 6.45) is 7.63. The molecule has 1 heterocycles. The minimum atomic E-state index is -0.387. The second-order valence-corrected chi connectivity index (χ2v) is 5.75. The molecule has 1 amide bonds. The quantitative estimate of drug-likeness (QED) is 0.878. The Labute approximate surface area is 137 Å². The molecule has 0 saturated carbocycles. The maximum atomic E-state index is 12.9. The van der Waals surface area contributed by atoms with Gasteiger partial charge in [0, 0.05) is 24.3 Å². The van der Waals surface area contributed by atoms with Gasteiger partial charge in [-0.1, -0.05) is 42.3 Å². The fourth-order valence-electron chi connectivity index (χ4n) is 2.92. The highest BCUT2D eigenvalue weighted by Crippen LogP contribution is 2.24. The predicted molar refractivity (Wildman–Crippen MR) is 93.0 cm³/mol. The number of carbonyl (C=O) groups excluding carboxylic acids is 1. The van der Waals surface area contributed by atoms with Crippen LogP contribution in [0.5, 0.6) is 0 Å². The van der Waals surface area contributed by atoms with Crippen molar-refractivity contribution in [1.29, 1.82) is 0 Å². The highest BCUT2D eigenvalue weighted by molar-refractivity contribution is 5.86. The number of hydrogen-bond donors (Lipinski definition) is 1. The number of hydrogen-bond acceptors (Lipinski definition) is 2. The van der Waals surface area contributed by atoms with E-state index in [2.05, 4.69) is 11.2 Å². The third-order valence-corrected chi connectivity index (χ3v) is 4.14. The van der Waals surface area contributed by atoms with Crippen LogP contribution in [0.2, 0.25) is 0 Å². The Kier molecular flexibility index (Phi) is 4.63. The average Bonchev–Trinajstić information content (AvgIpc) is 3.15. The molecule has 3 heteroatoms. The van der Waals surface area contributed by atoms with Gasteiger partial charge in [0.1, 0.15) is 6.04 Å². The number of nitrogens with zero attached hydrogens (tertiary/aromatic N) is 1. The van der Waals surface area contributed by atoms with Crippen molar-refractivity contribution in [3.8, 4) is 12.3 Å². The number of amides is 1. The fourth-order valence-corrected chi connectivity index (χ4v) is 2.92. The van der Waals surface area contributed by atoms with Gasteiger partial charge in [-0.15, -0.1) is 6.42 Å². The molecular formula is C20H20N2O. The first-order valence-electron chi connectivity index (χ1n) is 7.95. The predicted octanol–water partition coefficient (Wildman–Crippen LogP) is 3.44. The first-order chi connectivity index (χ1) is 11.3. The average molecular weight is 304 g/mol. The lowest BCUT2D eigenvalue weighted by Crippen LogP contribution is -2.36. The summed E-state index contributed by atoms with van der Waals surface area (Å²) >= 11 is 0. The van der Waals surface area contributed by atoms with Crippen LogP contribution in [0.25, 0.3) is 0 Å². The molecule has 3 nitrogen and oxygen atoms in total. The normalized spacial score (nSPS) is 15.0. The molecule has 3 rings (SSSR count). The van der Waals surface area contributed by atoms with Crippen LogP contribution in [0, 0.1) is 12.3 Å². The molecule has 1 N–H and O–H groups in total. The van der Waals surface area contributed by atoms with E-state index in [1.807, 2.05) is 59.5 Å². The second kappa shape index (κ2) is 7.02. The fraction of sp³-hybridized carbons (Fsp3) is 0.250. The van der Waals surface area contributed by atoms with Gasteiger partial charge in [-0.25, -0.2) is 0 Å². The number of likely N-dealkylation sites (tertiary alicyclic amines) is 1. The molecule has 1 fully saturated rings. The molecule has 0 bridgehead atoms. The van der Waals surface area contributed by atoms with Crippen LogP contribution < -0.4 is 5.32 Å². The van der Waals surface area contributed by atoms with Crippen LogP contribution in [0.1, 0.15) is 30.0 Å². The van der Waals surface area contributed by atoms with Gasteiger partial charge in [0.05, 0.1) is 0 Å². The minimum Gasteiger partial charge on any atom is -0.370 e. The SMILES string of the molecule is C#Cc1cccc(N[C@@H](C(=O)N2CCCC2)c2ccccc2)c1. The van der Waals surface area contributed by atoms with E-state index in [-0.39, 0.29) is 11.9 Å². The zero-order valence-corrected chi connectivity index (χ0v) is 13.0. The Morgan fingerprint density at radius 3 is 2.52 bits per heavy atom. The van der Waals surface area contributed by atoms with Crippen molar-refractivity contribution >= 4 is 11.6 Å². The number of nitrogens with one attached hydrogen (secondary N) is 1. The van der Waals surface area contributed by atoms with Gasteiger partial charge in [-0.2, -0.15) is 0 Å². The van der Waals surface area contributed by atoms with Crippen molar-refractivity contribution in [2.45, 2.75) is 18.9 Å². The molecule has 0 spiro atoms. The minimum absolute atomic E-state index is 0.125. The maximum absolute atomic E-state index is 12.9. The van der Waals surface area contributed by atoms with Gasteiger partial charge < -0.3 is 10.2 Å². The van der Waals surface area contributed by atoms with Gasteiger partial charge in [0.15, 0.2) is 0 Å². The molecule has 23 heavy (non-hydrogen) atoms. The standard InChI is InChI=1S/C20H20N2O/c1-2-16-9-8-12-18(15-16)21-19(17-10-4-3-5-11-17)20(23)22-13-6-7-14-22/h1,3-5,8-12,15,19,21H,6-7,13-14H2/t19-/m1/s1. The monoisotopic (exact) mass is 304 g/mol. The van der Waals surface area contributed by atoms with Crippen LogP contribution in [-0.4, -0.2) is 23.9 Å². The number of carbonyl (C=O) groups is 1. The van der Waals surface area contributed by atoms with E-state index in [9.17, 15) is 4.79 Å². The summed E-state index contributed by atoms with van der Waals surface area (Å²) in [5, 5.41) is 3.36. The lowest BCUT2D eigenvalue weighted by molar-refractivity contribution is -0.131. The van der Waals surface area contributed by atoms with Gasteiger partial charge in [-0.05, 0) is 36.6 Å². The van der Waals surface area contributed by atoms with Crippen molar-refractivity contribution in [2.24, 2.45) is 0 Å². The second-order valence-electron chi connectivity index (χ2n) is 5.75. The molecule has 0 aliphatic carbocycles. The Morgan fingerprint density at radius 2 is 1.83 bits per heavy atom. The van der Waals surface area contributed by atoms with E-state index in [0.717, 1.165) is 42.7 Å². The third kappa shape index (κ3) is 3.54. The molecular weight excluding hydrogens is 284 g/mol.